The van der Waals surface area contributed by atoms with Crippen molar-refractivity contribution in [1.29, 1.82) is 0 Å². The van der Waals surface area contributed by atoms with Crippen molar-refractivity contribution in [2.45, 2.75) is 31.7 Å². The first-order valence-corrected chi connectivity index (χ1v) is 8.15. The highest BCUT2D eigenvalue weighted by Crippen LogP contribution is 2.25. The number of ether oxygens (including phenoxy) is 1. The lowest BCUT2D eigenvalue weighted by atomic mass is 10.2. The lowest BCUT2D eigenvalue weighted by molar-refractivity contribution is -0.148. The van der Waals surface area contributed by atoms with Crippen LogP contribution in [-0.4, -0.2) is 56.1 Å². The molecule has 118 valence electrons. The molecular formula is C12H19N3O5S. The lowest BCUT2D eigenvalue weighted by Crippen LogP contribution is -2.57. The number of carbonyl (C=O) groups is 1. The van der Waals surface area contributed by atoms with E-state index in [1.807, 2.05) is 0 Å². The van der Waals surface area contributed by atoms with E-state index in [1.165, 1.54) is 6.92 Å². The van der Waals surface area contributed by atoms with Crippen LogP contribution in [0.3, 0.4) is 0 Å². The fraction of sp³-hybridized carbons (Fsp3) is 0.667. The van der Waals surface area contributed by atoms with Crippen LogP contribution in [0, 0.1) is 13.8 Å². The molecule has 1 aliphatic heterocycles. The second-order valence-electron chi connectivity index (χ2n) is 4.74. The highest BCUT2D eigenvalue weighted by molar-refractivity contribution is 7.89. The minimum absolute atomic E-state index is 0.0266. The molecule has 21 heavy (non-hydrogen) atoms. The molecule has 2 heterocycles. The van der Waals surface area contributed by atoms with Gasteiger partial charge in [0.1, 0.15) is 16.6 Å². The van der Waals surface area contributed by atoms with E-state index in [2.05, 4.69) is 10.5 Å². The number of aryl methyl sites for hydroxylation is 2. The summed E-state index contributed by atoms with van der Waals surface area (Å²) in [5.74, 6) is -0.339. The van der Waals surface area contributed by atoms with Gasteiger partial charge >= 0.3 is 5.97 Å². The first-order valence-electron chi connectivity index (χ1n) is 6.71. The van der Waals surface area contributed by atoms with E-state index >= 15 is 0 Å². The molecule has 1 atom stereocenters. The molecule has 1 fully saturated rings. The third kappa shape index (κ3) is 2.94. The maximum absolute atomic E-state index is 12.8. The summed E-state index contributed by atoms with van der Waals surface area (Å²) in [6.07, 6.45) is 0. The number of sulfonamides is 1. The van der Waals surface area contributed by atoms with Gasteiger partial charge in [-0.1, -0.05) is 5.16 Å². The number of hydrogen-bond acceptors (Lipinski definition) is 7. The Kier molecular flexibility index (Phi) is 4.64. The molecule has 0 aliphatic carbocycles. The Bertz CT molecular complexity index is 605. The topological polar surface area (TPSA) is 102 Å². The predicted octanol–water partition coefficient (Wildman–Crippen LogP) is -0.183. The van der Waals surface area contributed by atoms with Crippen molar-refractivity contribution in [3.8, 4) is 0 Å². The molecule has 0 spiro atoms. The Morgan fingerprint density at radius 1 is 1.52 bits per heavy atom. The van der Waals surface area contributed by atoms with Crippen LogP contribution in [0.15, 0.2) is 9.42 Å². The van der Waals surface area contributed by atoms with Gasteiger partial charge in [0, 0.05) is 19.6 Å². The molecule has 1 aromatic heterocycles. The van der Waals surface area contributed by atoms with Crippen LogP contribution in [0.5, 0.6) is 0 Å². The van der Waals surface area contributed by atoms with Gasteiger partial charge in [-0.05, 0) is 20.8 Å². The molecule has 2 rings (SSSR count). The van der Waals surface area contributed by atoms with E-state index in [0.717, 1.165) is 4.31 Å². The second kappa shape index (κ2) is 6.12. The lowest BCUT2D eigenvalue weighted by Gasteiger charge is -2.33. The summed E-state index contributed by atoms with van der Waals surface area (Å²) in [5, 5.41) is 6.68. The summed E-state index contributed by atoms with van der Waals surface area (Å²) in [5.41, 5.74) is 0.286. The highest BCUT2D eigenvalue weighted by Gasteiger charge is 2.41. The van der Waals surface area contributed by atoms with Crippen LogP contribution in [0.25, 0.3) is 0 Å². The van der Waals surface area contributed by atoms with E-state index in [9.17, 15) is 13.2 Å². The van der Waals surface area contributed by atoms with Gasteiger partial charge in [0.2, 0.25) is 10.0 Å². The Morgan fingerprint density at radius 3 is 2.81 bits per heavy atom. The zero-order valence-corrected chi connectivity index (χ0v) is 13.1. The second-order valence-corrected chi connectivity index (χ2v) is 6.57. The number of nitrogens with zero attached hydrogens (tertiary/aromatic N) is 2. The van der Waals surface area contributed by atoms with Crippen molar-refractivity contribution >= 4 is 16.0 Å². The zero-order valence-electron chi connectivity index (χ0n) is 12.2. The van der Waals surface area contributed by atoms with Crippen LogP contribution >= 0.6 is 0 Å². The number of rotatable bonds is 4. The maximum Gasteiger partial charge on any atom is 0.325 e. The first kappa shape index (κ1) is 15.9. The summed E-state index contributed by atoms with van der Waals surface area (Å²) in [6.45, 7) is 5.87. The normalized spacial score (nSPS) is 20.4. The summed E-state index contributed by atoms with van der Waals surface area (Å²) >= 11 is 0. The highest BCUT2D eigenvalue weighted by atomic mass is 32.2. The Labute approximate surface area is 123 Å². The van der Waals surface area contributed by atoms with Crippen LogP contribution in [-0.2, 0) is 19.6 Å². The predicted molar refractivity (Wildman–Crippen MR) is 73.2 cm³/mol. The summed E-state index contributed by atoms with van der Waals surface area (Å²) in [6, 6.07) is -0.877. The molecule has 0 aromatic carbocycles. The third-order valence-corrected chi connectivity index (χ3v) is 5.44. The average molecular weight is 317 g/mol. The first-order chi connectivity index (χ1) is 9.89. The Balaban J connectivity index is 2.39. The van der Waals surface area contributed by atoms with Crippen molar-refractivity contribution < 1.29 is 22.5 Å². The van der Waals surface area contributed by atoms with Gasteiger partial charge in [0.15, 0.2) is 5.76 Å². The molecule has 1 unspecified atom stereocenters. The molecule has 1 aliphatic rings. The number of carbonyl (C=O) groups excluding carboxylic acids is 1. The van der Waals surface area contributed by atoms with E-state index in [-0.39, 0.29) is 36.0 Å². The number of esters is 1. The molecule has 1 N–H and O–H groups in total. The van der Waals surface area contributed by atoms with Crippen molar-refractivity contribution in [3.63, 3.8) is 0 Å². The Hall–Kier alpha value is -1.45. The van der Waals surface area contributed by atoms with Gasteiger partial charge in [0.25, 0.3) is 0 Å². The minimum Gasteiger partial charge on any atom is -0.465 e. The van der Waals surface area contributed by atoms with Crippen molar-refractivity contribution in [2.24, 2.45) is 0 Å². The van der Waals surface area contributed by atoms with E-state index in [1.54, 1.807) is 13.8 Å². The SMILES string of the molecule is CCOC(=O)C1CNCCN1S(=O)(=O)c1c(C)noc1C. The van der Waals surface area contributed by atoms with Crippen molar-refractivity contribution in [3.05, 3.63) is 11.5 Å². The van der Waals surface area contributed by atoms with Crippen LogP contribution in [0.2, 0.25) is 0 Å². The Morgan fingerprint density at radius 2 is 2.24 bits per heavy atom. The van der Waals surface area contributed by atoms with Gasteiger partial charge in [-0.25, -0.2) is 8.42 Å². The fourth-order valence-corrected chi connectivity index (χ4v) is 4.25. The largest absolute Gasteiger partial charge is 0.465 e. The standard InChI is InChI=1S/C12H19N3O5S/c1-4-19-12(16)10-7-13-5-6-15(10)21(17,18)11-8(2)14-20-9(11)3/h10,13H,4-7H2,1-3H3. The van der Waals surface area contributed by atoms with Crippen LogP contribution in [0.4, 0.5) is 0 Å². The number of piperazine rings is 1. The summed E-state index contributed by atoms with van der Waals surface area (Å²) < 4.78 is 36.6. The maximum atomic E-state index is 12.8. The van der Waals surface area contributed by atoms with E-state index in [0.29, 0.717) is 6.54 Å². The number of hydrogen-bond donors (Lipinski definition) is 1. The van der Waals surface area contributed by atoms with Crippen molar-refractivity contribution in [1.82, 2.24) is 14.8 Å². The third-order valence-electron chi connectivity index (χ3n) is 3.29. The van der Waals surface area contributed by atoms with Gasteiger partial charge in [0.05, 0.1) is 6.61 Å². The van der Waals surface area contributed by atoms with Crippen molar-refractivity contribution in [2.75, 3.05) is 26.2 Å². The monoisotopic (exact) mass is 317 g/mol. The minimum atomic E-state index is -3.86. The summed E-state index contributed by atoms with van der Waals surface area (Å²) in [7, 11) is -3.86. The average Bonchev–Trinajstić information content (AvgIpc) is 2.79. The summed E-state index contributed by atoms with van der Waals surface area (Å²) in [4.78, 5) is 12.0. The van der Waals surface area contributed by atoms with Crippen LogP contribution in [0.1, 0.15) is 18.4 Å². The molecule has 0 bridgehead atoms. The molecular weight excluding hydrogens is 298 g/mol. The van der Waals surface area contributed by atoms with Crippen LogP contribution < -0.4 is 5.32 Å². The molecule has 9 heteroatoms. The fourth-order valence-electron chi connectivity index (χ4n) is 2.37. The molecule has 1 aromatic rings. The number of nitrogens with one attached hydrogen (secondary N) is 1. The van der Waals surface area contributed by atoms with Gasteiger partial charge in [-0.15, -0.1) is 0 Å². The quantitative estimate of drug-likeness (QED) is 0.768. The molecule has 0 radical (unpaired) electrons. The molecule has 0 amide bonds. The van der Waals surface area contributed by atoms with Gasteiger partial charge in [-0.2, -0.15) is 4.31 Å². The zero-order chi connectivity index (χ0) is 15.6. The van der Waals surface area contributed by atoms with Gasteiger partial charge in [-0.3, -0.25) is 4.79 Å². The molecule has 8 nitrogen and oxygen atoms in total. The van der Waals surface area contributed by atoms with Gasteiger partial charge < -0.3 is 14.6 Å². The van der Waals surface area contributed by atoms with E-state index < -0.39 is 22.0 Å². The van der Waals surface area contributed by atoms with E-state index in [4.69, 9.17) is 9.26 Å². The smallest absolute Gasteiger partial charge is 0.325 e. The molecule has 1 saturated heterocycles. The molecule has 0 saturated carbocycles. The number of aromatic nitrogens is 1.